The summed E-state index contributed by atoms with van der Waals surface area (Å²) in [6.07, 6.45) is 1.32. The van der Waals surface area contributed by atoms with Crippen LogP contribution in [0.1, 0.15) is 41.5 Å². The van der Waals surface area contributed by atoms with Crippen LogP contribution >= 0.6 is 0 Å². The molecule has 2 heterocycles. The molecule has 32 heavy (non-hydrogen) atoms. The Labute approximate surface area is 193 Å². The lowest BCUT2D eigenvalue weighted by molar-refractivity contribution is -0.226. The minimum atomic E-state index is -2.68. The molecule has 0 spiro atoms. The molecule has 4 atom stereocenters. The SMILES string of the molecule is C=C[C@@]1(CO[Si](c2ccccc2)(c2ccccc2)C(C)(C)C)O[C@@H]2OC(C)(C)O[C@@H]2[C@@H]1C. The Bertz CT molecular complexity index is 898. The van der Waals surface area contributed by atoms with Crippen molar-refractivity contribution in [2.45, 2.75) is 70.4 Å². The van der Waals surface area contributed by atoms with E-state index in [1.54, 1.807) is 0 Å². The van der Waals surface area contributed by atoms with Crippen LogP contribution in [-0.2, 0) is 18.6 Å². The number of rotatable bonds is 6. The van der Waals surface area contributed by atoms with E-state index < -0.39 is 26.0 Å². The lowest BCUT2D eigenvalue weighted by Crippen LogP contribution is -2.67. The Morgan fingerprint density at radius 1 is 0.938 bits per heavy atom. The van der Waals surface area contributed by atoms with Gasteiger partial charge in [0.2, 0.25) is 0 Å². The maximum absolute atomic E-state index is 7.16. The maximum Gasteiger partial charge on any atom is 0.261 e. The minimum absolute atomic E-state index is 0.0463. The van der Waals surface area contributed by atoms with Gasteiger partial charge in [-0.25, -0.2) is 0 Å². The van der Waals surface area contributed by atoms with Crippen LogP contribution in [0.3, 0.4) is 0 Å². The lowest BCUT2D eigenvalue weighted by Gasteiger charge is -2.45. The summed E-state index contributed by atoms with van der Waals surface area (Å²) in [6.45, 7) is 17.4. The zero-order chi connectivity index (χ0) is 23.2. The van der Waals surface area contributed by atoms with Gasteiger partial charge in [0.25, 0.3) is 8.32 Å². The normalized spacial score (nSPS) is 29.6. The van der Waals surface area contributed by atoms with Crippen LogP contribution in [0, 0.1) is 5.92 Å². The van der Waals surface area contributed by atoms with Gasteiger partial charge in [-0.15, -0.1) is 6.58 Å². The quantitative estimate of drug-likeness (QED) is 0.473. The third-order valence-corrected chi connectivity index (χ3v) is 11.9. The molecule has 2 saturated heterocycles. The predicted octanol–water partition coefficient (Wildman–Crippen LogP) is 4.63. The number of benzene rings is 2. The molecule has 4 nitrogen and oxygen atoms in total. The Hall–Kier alpha value is -1.76. The number of hydrogen-bond donors (Lipinski definition) is 0. The van der Waals surface area contributed by atoms with Crippen molar-refractivity contribution in [3.63, 3.8) is 0 Å². The second-order valence-electron chi connectivity index (χ2n) is 10.5. The largest absolute Gasteiger partial charge is 0.404 e. The lowest BCUT2D eigenvalue weighted by atomic mass is 9.88. The van der Waals surface area contributed by atoms with Gasteiger partial charge in [0.1, 0.15) is 11.7 Å². The highest BCUT2D eigenvalue weighted by Gasteiger charge is 2.60. The maximum atomic E-state index is 7.16. The van der Waals surface area contributed by atoms with Crippen molar-refractivity contribution in [3.8, 4) is 0 Å². The van der Waals surface area contributed by atoms with Gasteiger partial charge in [-0.3, -0.25) is 0 Å². The molecule has 2 aliphatic heterocycles. The molecule has 0 aliphatic carbocycles. The van der Waals surface area contributed by atoms with E-state index in [0.717, 1.165) is 0 Å². The van der Waals surface area contributed by atoms with Gasteiger partial charge in [0, 0.05) is 5.92 Å². The topological polar surface area (TPSA) is 36.9 Å². The first kappa shape index (κ1) is 23.4. The van der Waals surface area contributed by atoms with Gasteiger partial charge in [-0.2, -0.15) is 0 Å². The van der Waals surface area contributed by atoms with Crippen molar-refractivity contribution in [2.75, 3.05) is 6.61 Å². The molecule has 2 aromatic rings. The van der Waals surface area contributed by atoms with Crippen molar-refractivity contribution in [1.82, 2.24) is 0 Å². The summed E-state index contributed by atoms with van der Waals surface area (Å²) in [5, 5.41) is 2.39. The fraction of sp³-hybridized carbons (Fsp3) is 0.481. The van der Waals surface area contributed by atoms with E-state index in [2.05, 4.69) is 94.9 Å². The molecule has 2 fully saturated rings. The molecule has 0 amide bonds. The summed E-state index contributed by atoms with van der Waals surface area (Å²) >= 11 is 0. The van der Waals surface area contributed by atoms with Crippen LogP contribution in [-0.4, -0.2) is 38.7 Å². The summed E-state index contributed by atoms with van der Waals surface area (Å²) in [5.74, 6) is -0.597. The summed E-state index contributed by atoms with van der Waals surface area (Å²) in [4.78, 5) is 0. The molecule has 0 N–H and O–H groups in total. The van der Waals surface area contributed by atoms with Crippen molar-refractivity contribution >= 4 is 18.7 Å². The predicted molar refractivity (Wildman–Crippen MR) is 131 cm³/mol. The molecular formula is C27H36O4Si. The van der Waals surface area contributed by atoms with Gasteiger partial charge < -0.3 is 18.6 Å². The average Bonchev–Trinajstić information content (AvgIpc) is 3.19. The second kappa shape index (κ2) is 8.23. The molecule has 172 valence electrons. The van der Waals surface area contributed by atoms with Crippen LogP contribution in [0.4, 0.5) is 0 Å². The van der Waals surface area contributed by atoms with Gasteiger partial charge >= 0.3 is 0 Å². The molecule has 2 aromatic carbocycles. The molecule has 0 unspecified atom stereocenters. The summed E-state index contributed by atoms with van der Waals surface area (Å²) in [7, 11) is -2.68. The van der Waals surface area contributed by atoms with Crippen LogP contribution < -0.4 is 10.4 Å². The molecule has 2 aliphatic rings. The number of hydrogen-bond acceptors (Lipinski definition) is 4. The standard InChI is InChI=1S/C27H36O4Si/c1-8-27(20(2)23-24(31-27)30-26(6,7)29-23)19-28-32(25(3,4)5,21-15-11-9-12-16-21)22-17-13-10-14-18-22/h8-18,20,23-24H,1,19H2,2-7H3/t20-,23+,24-,27-/m0/s1. The van der Waals surface area contributed by atoms with Gasteiger partial charge in [0.05, 0.1) is 6.61 Å². The minimum Gasteiger partial charge on any atom is -0.404 e. The van der Waals surface area contributed by atoms with E-state index in [4.69, 9.17) is 18.6 Å². The Morgan fingerprint density at radius 2 is 1.47 bits per heavy atom. The van der Waals surface area contributed by atoms with Crippen molar-refractivity contribution in [1.29, 1.82) is 0 Å². The van der Waals surface area contributed by atoms with E-state index in [0.29, 0.717) is 6.61 Å². The van der Waals surface area contributed by atoms with Crippen LogP contribution in [0.15, 0.2) is 73.3 Å². The monoisotopic (exact) mass is 452 g/mol. The first-order valence-corrected chi connectivity index (χ1v) is 13.4. The summed E-state index contributed by atoms with van der Waals surface area (Å²) in [6, 6.07) is 21.3. The van der Waals surface area contributed by atoms with Crippen molar-refractivity contribution < 1.29 is 18.6 Å². The highest BCUT2D eigenvalue weighted by Crippen LogP contribution is 2.47. The van der Waals surface area contributed by atoms with E-state index in [-0.39, 0.29) is 17.1 Å². The average molecular weight is 453 g/mol. The van der Waals surface area contributed by atoms with Gasteiger partial charge in [0.15, 0.2) is 12.1 Å². The molecule has 5 heteroatoms. The Balaban J connectivity index is 1.74. The Kier molecular flexibility index (Phi) is 6.01. The second-order valence-corrected chi connectivity index (χ2v) is 14.8. The van der Waals surface area contributed by atoms with Crippen molar-refractivity contribution in [2.24, 2.45) is 5.92 Å². The molecule has 0 radical (unpaired) electrons. The molecule has 0 saturated carbocycles. The highest BCUT2D eigenvalue weighted by atomic mass is 28.4. The zero-order valence-corrected chi connectivity index (χ0v) is 21.1. The summed E-state index contributed by atoms with van der Waals surface area (Å²) in [5.41, 5.74) is -0.682. The molecule has 4 rings (SSSR count). The Morgan fingerprint density at radius 3 is 1.91 bits per heavy atom. The van der Waals surface area contributed by atoms with E-state index in [9.17, 15) is 0 Å². The number of fused-ring (bicyclic) bond motifs is 1. The first-order chi connectivity index (χ1) is 15.0. The third kappa shape index (κ3) is 3.80. The van der Waals surface area contributed by atoms with E-state index in [1.807, 2.05) is 19.9 Å². The molecule has 0 bridgehead atoms. The van der Waals surface area contributed by atoms with Crippen LogP contribution in [0.2, 0.25) is 5.04 Å². The summed E-state index contributed by atoms with van der Waals surface area (Å²) < 4.78 is 25.8. The number of ether oxygens (including phenoxy) is 3. The smallest absolute Gasteiger partial charge is 0.261 e. The van der Waals surface area contributed by atoms with E-state index in [1.165, 1.54) is 10.4 Å². The fourth-order valence-electron chi connectivity index (χ4n) is 5.23. The van der Waals surface area contributed by atoms with E-state index >= 15 is 0 Å². The molecular weight excluding hydrogens is 416 g/mol. The van der Waals surface area contributed by atoms with Gasteiger partial charge in [-0.1, -0.05) is 94.4 Å². The van der Waals surface area contributed by atoms with Crippen LogP contribution in [0.5, 0.6) is 0 Å². The molecule has 0 aromatic heterocycles. The third-order valence-electron chi connectivity index (χ3n) is 6.96. The first-order valence-electron chi connectivity index (χ1n) is 11.5. The fourth-order valence-corrected chi connectivity index (χ4v) is 9.83. The van der Waals surface area contributed by atoms with Crippen LogP contribution in [0.25, 0.3) is 0 Å². The van der Waals surface area contributed by atoms with Gasteiger partial charge in [-0.05, 0) is 29.3 Å². The van der Waals surface area contributed by atoms with Crippen molar-refractivity contribution in [3.05, 3.63) is 73.3 Å². The highest BCUT2D eigenvalue weighted by molar-refractivity contribution is 6.99. The zero-order valence-electron chi connectivity index (χ0n) is 20.1.